The molecular weight excluding hydrogens is 324 g/mol. The number of thioether (sulfide) groups is 1. The number of benzene rings is 1. The standard InChI is InChI=1S/C17H16N4O2S/c1-2-12-3-5-14(6-4-12)21-16(13-7-9-18-10-8-13)19-20-17(21)24-11-15(22)23/h3-10H,2,11H2,1H3,(H,22,23). The van der Waals surface area contributed by atoms with Gasteiger partial charge >= 0.3 is 5.97 Å². The molecule has 0 saturated heterocycles. The molecule has 0 fully saturated rings. The molecule has 0 aliphatic carbocycles. The van der Waals surface area contributed by atoms with Crippen LogP contribution in [-0.4, -0.2) is 36.6 Å². The monoisotopic (exact) mass is 340 g/mol. The quantitative estimate of drug-likeness (QED) is 0.695. The lowest BCUT2D eigenvalue weighted by Gasteiger charge is -2.10. The van der Waals surface area contributed by atoms with Crippen molar-refractivity contribution in [2.75, 3.05) is 5.75 Å². The van der Waals surface area contributed by atoms with Crippen LogP contribution < -0.4 is 0 Å². The molecule has 0 atom stereocenters. The predicted molar refractivity (Wildman–Crippen MR) is 92.3 cm³/mol. The summed E-state index contributed by atoms with van der Waals surface area (Å²) in [6.07, 6.45) is 4.34. The Morgan fingerprint density at radius 2 is 1.83 bits per heavy atom. The maximum Gasteiger partial charge on any atom is 0.313 e. The Bertz CT molecular complexity index is 832. The molecule has 0 radical (unpaired) electrons. The SMILES string of the molecule is CCc1ccc(-n2c(SCC(=O)O)nnc2-c2ccncc2)cc1. The van der Waals surface area contributed by atoms with E-state index in [4.69, 9.17) is 5.11 Å². The van der Waals surface area contributed by atoms with E-state index in [0.717, 1.165) is 29.4 Å². The fraction of sp³-hybridized carbons (Fsp3) is 0.176. The summed E-state index contributed by atoms with van der Waals surface area (Å²) < 4.78 is 1.88. The van der Waals surface area contributed by atoms with Crippen LogP contribution in [0.15, 0.2) is 53.9 Å². The van der Waals surface area contributed by atoms with E-state index in [2.05, 4.69) is 34.2 Å². The Hall–Kier alpha value is -2.67. The largest absolute Gasteiger partial charge is 0.481 e. The van der Waals surface area contributed by atoms with Gasteiger partial charge in [0, 0.05) is 23.6 Å². The second kappa shape index (κ2) is 7.27. The van der Waals surface area contributed by atoms with Crippen molar-refractivity contribution in [1.82, 2.24) is 19.7 Å². The lowest BCUT2D eigenvalue weighted by Crippen LogP contribution is -2.03. The third kappa shape index (κ3) is 3.46. The van der Waals surface area contributed by atoms with Gasteiger partial charge in [0.1, 0.15) is 0 Å². The lowest BCUT2D eigenvalue weighted by molar-refractivity contribution is -0.133. The van der Waals surface area contributed by atoms with Crippen molar-refractivity contribution in [1.29, 1.82) is 0 Å². The van der Waals surface area contributed by atoms with E-state index in [1.54, 1.807) is 12.4 Å². The van der Waals surface area contributed by atoms with Gasteiger partial charge in [-0.2, -0.15) is 0 Å². The minimum Gasteiger partial charge on any atom is -0.481 e. The molecule has 6 nitrogen and oxygen atoms in total. The average Bonchev–Trinajstić information content (AvgIpc) is 3.04. The van der Waals surface area contributed by atoms with E-state index in [9.17, 15) is 4.79 Å². The van der Waals surface area contributed by atoms with E-state index in [1.807, 2.05) is 28.8 Å². The van der Waals surface area contributed by atoms with E-state index < -0.39 is 5.97 Å². The second-order valence-corrected chi connectivity index (χ2v) is 6.02. The van der Waals surface area contributed by atoms with Gasteiger partial charge in [0.05, 0.1) is 5.75 Å². The molecule has 0 spiro atoms. The first-order valence-corrected chi connectivity index (χ1v) is 8.47. The number of carboxylic acids is 1. The molecule has 1 aromatic carbocycles. The normalized spacial score (nSPS) is 10.7. The lowest BCUT2D eigenvalue weighted by atomic mass is 10.1. The van der Waals surface area contributed by atoms with Crippen LogP contribution in [0.4, 0.5) is 0 Å². The number of hydrogen-bond acceptors (Lipinski definition) is 5. The van der Waals surface area contributed by atoms with Gasteiger partial charge in [-0.1, -0.05) is 30.8 Å². The number of rotatable bonds is 6. The fourth-order valence-electron chi connectivity index (χ4n) is 2.29. The van der Waals surface area contributed by atoms with Gasteiger partial charge in [0.2, 0.25) is 0 Å². The van der Waals surface area contributed by atoms with Gasteiger partial charge in [0.25, 0.3) is 0 Å². The number of aliphatic carboxylic acids is 1. The zero-order valence-electron chi connectivity index (χ0n) is 13.1. The molecule has 7 heteroatoms. The Labute approximate surface area is 143 Å². The maximum atomic E-state index is 10.9. The third-order valence-electron chi connectivity index (χ3n) is 3.50. The Morgan fingerprint density at radius 3 is 2.46 bits per heavy atom. The van der Waals surface area contributed by atoms with Crippen LogP contribution in [0.5, 0.6) is 0 Å². The van der Waals surface area contributed by atoms with Gasteiger partial charge in [-0.3, -0.25) is 14.3 Å². The minimum absolute atomic E-state index is 0.0679. The number of carboxylic acid groups (broad SMARTS) is 1. The Morgan fingerprint density at radius 1 is 1.12 bits per heavy atom. The first-order chi connectivity index (χ1) is 11.7. The van der Waals surface area contributed by atoms with Gasteiger partial charge in [0.15, 0.2) is 11.0 Å². The topological polar surface area (TPSA) is 80.9 Å². The summed E-state index contributed by atoms with van der Waals surface area (Å²) in [4.78, 5) is 14.9. The van der Waals surface area contributed by atoms with Crippen LogP contribution in [0.25, 0.3) is 17.1 Å². The average molecular weight is 340 g/mol. The highest BCUT2D eigenvalue weighted by Crippen LogP contribution is 2.27. The number of hydrogen-bond donors (Lipinski definition) is 1. The van der Waals surface area contributed by atoms with E-state index >= 15 is 0 Å². The molecule has 0 unspecified atom stereocenters. The fourth-order valence-corrected chi connectivity index (χ4v) is 2.96. The van der Waals surface area contributed by atoms with E-state index in [1.165, 1.54) is 5.56 Å². The summed E-state index contributed by atoms with van der Waals surface area (Å²) in [6, 6.07) is 11.8. The zero-order valence-corrected chi connectivity index (χ0v) is 13.9. The maximum absolute atomic E-state index is 10.9. The smallest absolute Gasteiger partial charge is 0.313 e. The highest BCUT2D eigenvalue weighted by molar-refractivity contribution is 7.99. The molecule has 3 aromatic rings. The molecule has 122 valence electrons. The first-order valence-electron chi connectivity index (χ1n) is 7.48. The summed E-state index contributed by atoms with van der Waals surface area (Å²) >= 11 is 1.15. The summed E-state index contributed by atoms with van der Waals surface area (Å²) in [7, 11) is 0. The van der Waals surface area contributed by atoms with Crippen LogP contribution in [0.2, 0.25) is 0 Å². The second-order valence-electron chi connectivity index (χ2n) is 5.08. The van der Waals surface area contributed by atoms with Crippen molar-refractivity contribution in [3.63, 3.8) is 0 Å². The molecule has 0 bridgehead atoms. The van der Waals surface area contributed by atoms with Gasteiger partial charge in [-0.05, 0) is 36.2 Å². The number of aryl methyl sites for hydroxylation is 1. The van der Waals surface area contributed by atoms with Gasteiger partial charge < -0.3 is 5.11 Å². The highest BCUT2D eigenvalue weighted by atomic mass is 32.2. The number of carbonyl (C=O) groups is 1. The molecule has 24 heavy (non-hydrogen) atoms. The summed E-state index contributed by atoms with van der Waals surface area (Å²) in [5, 5.41) is 17.9. The van der Waals surface area contributed by atoms with E-state index in [0.29, 0.717) is 11.0 Å². The number of pyridine rings is 1. The van der Waals surface area contributed by atoms with Crippen LogP contribution in [-0.2, 0) is 11.2 Å². The Kier molecular flexibility index (Phi) is 4.90. The molecule has 3 rings (SSSR count). The van der Waals surface area contributed by atoms with Crippen LogP contribution in [0, 0.1) is 0 Å². The highest BCUT2D eigenvalue weighted by Gasteiger charge is 2.17. The van der Waals surface area contributed by atoms with Crippen LogP contribution in [0.1, 0.15) is 12.5 Å². The van der Waals surface area contributed by atoms with Crippen LogP contribution >= 0.6 is 11.8 Å². The van der Waals surface area contributed by atoms with Crippen molar-refractivity contribution in [3.05, 3.63) is 54.4 Å². The van der Waals surface area contributed by atoms with Gasteiger partial charge in [-0.15, -0.1) is 10.2 Å². The predicted octanol–water partition coefficient (Wildman–Crippen LogP) is 3.07. The summed E-state index contributed by atoms with van der Waals surface area (Å²) in [5.74, 6) is -0.294. The summed E-state index contributed by atoms with van der Waals surface area (Å²) in [6.45, 7) is 2.10. The molecule has 1 N–H and O–H groups in total. The number of nitrogens with zero attached hydrogens (tertiary/aromatic N) is 4. The van der Waals surface area contributed by atoms with Crippen molar-refractivity contribution in [3.8, 4) is 17.1 Å². The van der Waals surface area contributed by atoms with Crippen molar-refractivity contribution in [2.45, 2.75) is 18.5 Å². The first kappa shape index (κ1) is 16.2. The molecule has 0 amide bonds. The van der Waals surface area contributed by atoms with Crippen LogP contribution in [0.3, 0.4) is 0 Å². The molecular formula is C17H16N4O2S. The van der Waals surface area contributed by atoms with Gasteiger partial charge in [-0.25, -0.2) is 0 Å². The third-order valence-corrected chi connectivity index (χ3v) is 4.41. The molecule has 0 saturated carbocycles. The van der Waals surface area contributed by atoms with E-state index in [-0.39, 0.29) is 5.75 Å². The van der Waals surface area contributed by atoms with Crippen molar-refractivity contribution in [2.24, 2.45) is 0 Å². The molecule has 2 heterocycles. The molecule has 0 aliphatic heterocycles. The van der Waals surface area contributed by atoms with Crippen molar-refractivity contribution < 1.29 is 9.90 Å². The Balaban J connectivity index is 2.08. The summed E-state index contributed by atoms with van der Waals surface area (Å²) in [5.41, 5.74) is 3.01. The molecule has 2 aromatic heterocycles. The molecule has 0 aliphatic rings. The zero-order chi connectivity index (χ0) is 16.9. The minimum atomic E-state index is -0.888. The number of aromatic nitrogens is 4. The van der Waals surface area contributed by atoms with Crippen molar-refractivity contribution >= 4 is 17.7 Å².